The zero-order chi connectivity index (χ0) is 10.8. The van der Waals surface area contributed by atoms with Crippen LogP contribution in [0.2, 0.25) is 0 Å². The molecule has 1 aliphatic heterocycles. The fourth-order valence-electron chi connectivity index (χ4n) is 2.31. The van der Waals surface area contributed by atoms with Crippen LogP contribution in [0.15, 0.2) is 18.2 Å². The normalized spacial score (nSPS) is 26.6. The third-order valence-corrected chi connectivity index (χ3v) is 3.16. The predicted octanol–water partition coefficient (Wildman–Crippen LogP) is 2.68. The second-order valence-electron chi connectivity index (χ2n) is 4.21. The van der Waals surface area contributed by atoms with Gasteiger partial charge in [-0.05, 0) is 43.5 Å². The van der Waals surface area contributed by atoms with E-state index in [9.17, 15) is 8.78 Å². The third kappa shape index (κ3) is 2.02. The van der Waals surface area contributed by atoms with Crippen LogP contribution in [-0.2, 0) is 0 Å². The molecule has 1 saturated heterocycles. The molecule has 0 radical (unpaired) electrons. The Bertz CT molecular complexity index is 331. The van der Waals surface area contributed by atoms with Crippen LogP contribution in [0.25, 0.3) is 0 Å². The lowest BCUT2D eigenvalue weighted by molar-refractivity contribution is 0.332. The van der Waals surface area contributed by atoms with E-state index >= 15 is 0 Å². The summed E-state index contributed by atoms with van der Waals surface area (Å²) >= 11 is 0. The summed E-state index contributed by atoms with van der Waals surface area (Å²) in [6.45, 7) is 3.70. The number of benzene rings is 1. The minimum atomic E-state index is -0.409. The fraction of sp³-hybridized carbons (Fsp3) is 0.500. The highest BCUT2D eigenvalue weighted by atomic mass is 19.1. The largest absolute Gasteiger partial charge is 0.316 e. The fourth-order valence-corrected chi connectivity index (χ4v) is 2.31. The first-order chi connectivity index (χ1) is 7.20. The Morgan fingerprint density at radius 2 is 1.93 bits per heavy atom. The lowest BCUT2D eigenvalue weighted by atomic mass is 9.82. The molecule has 1 fully saturated rings. The van der Waals surface area contributed by atoms with E-state index < -0.39 is 11.6 Å². The summed E-state index contributed by atoms with van der Waals surface area (Å²) in [5, 5.41) is 3.23. The molecule has 1 aliphatic rings. The summed E-state index contributed by atoms with van der Waals surface area (Å²) in [7, 11) is 0. The van der Waals surface area contributed by atoms with Crippen LogP contribution in [0.3, 0.4) is 0 Å². The molecule has 0 amide bonds. The number of rotatable bonds is 1. The summed E-state index contributed by atoms with van der Waals surface area (Å²) in [5.41, 5.74) is 0.270. The lowest BCUT2D eigenvalue weighted by Crippen LogP contribution is -2.34. The summed E-state index contributed by atoms with van der Waals surface area (Å²) < 4.78 is 27.1. The average molecular weight is 211 g/mol. The molecule has 82 valence electrons. The van der Waals surface area contributed by atoms with Crippen LogP contribution in [0, 0.1) is 17.6 Å². The van der Waals surface area contributed by atoms with E-state index in [1.807, 2.05) is 6.92 Å². The number of hydrogen-bond acceptors (Lipinski definition) is 1. The molecule has 0 aromatic heterocycles. The molecule has 1 heterocycles. The Kier molecular flexibility index (Phi) is 3.00. The Morgan fingerprint density at radius 1 is 1.27 bits per heavy atom. The summed E-state index contributed by atoms with van der Waals surface area (Å²) in [5.74, 6) is -0.528. The van der Waals surface area contributed by atoms with Crippen molar-refractivity contribution >= 4 is 0 Å². The summed E-state index contributed by atoms with van der Waals surface area (Å²) in [6, 6.07) is 4.10. The van der Waals surface area contributed by atoms with E-state index in [-0.39, 0.29) is 17.4 Å². The van der Waals surface area contributed by atoms with Crippen molar-refractivity contribution in [3.8, 4) is 0 Å². The molecule has 3 heteroatoms. The molecule has 0 saturated carbocycles. The molecular formula is C12H15F2N. The van der Waals surface area contributed by atoms with Gasteiger partial charge in [-0.15, -0.1) is 0 Å². The number of halogens is 2. The molecule has 1 nitrogen and oxygen atoms in total. The van der Waals surface area contributed by atoms with Crippen molar-refractivity contribution in [2.45, 2.75) is 19.3 Å². The van der Waals surface area contributed by atoms with Gasteiger partial charge in [-0.1, -0.05) is 13.0 Å². The standard InChI is InChI=1S/C12H15F2N/c1-8-7-15-6-5-9(8)12-10(13)3-2-4-11(12)14/h2-4,8-9,15H,5-7H2,1H3. The van der Waals surface area contributed by atoms with Crippen molar-refractivity contribution < 1.29 is 8.78 Å². The number of nitrogens with one attached hydrogen (secondary N) is 1. The molecule has 0 aliphatic carbocycles. The van der Waals surface area contributed by atoms with E-state index in [0.717, 1.165) is 19.5 Å². The van der Waals surface area contributed by atoms with Gasteiger partial charge < -0.3 is 5.32 Å². The molecular weight excluding hydrogens is 196 g/mol. The monoisotopic (exact) mass is 211 g/mol. The van der Waals surface area contributed by atoms with Crippen LogP contribution < -0.4 is 5.32 Å². The maximum absolute atomic E-state index is 13.5. The van der Waals surface area contributed by atoms with Crippen molar-refractivity contribution in [2.75, 3.05) is 13.1 Å². The maximum atomic E-state index is 13.5. The molecule has 0 spiro atoms. The van der Waals surface area contributed by atoms with Crippen molar-refractivity contribution in [3.05, 3.63) is 35.4 Å². The van der Waals surface area contributed by atoms with Gasteiger partial charge >= 0.3 is 0 Å². The van der Waals surface area contributed by atoms with Crippen LogP contribution in [0.4, 0.5) is 8.78 Å². The van der Waals surface area contributed by atoms with E-state index in [0.29, 0.717) is 0 Å². The average Bonchev–Trinajstić information content (AvgIpc) is 2.20. The first-order valence-corrected chi connectivity index (χ1v) is 5.34. The molecule has 1 aromatic rings. The van der Waals surface area contributed by atoms with Gasteiger partial charge in [0, 0.05) is 5.56 Å². The molecule has 2 rings (SSSR count). The highest BCUT2D eigenvalue weighted by molar-refractivity contribution is 5.25. The molecule has 15 heavy (non-hydrogen) atoms. The van der Waals surface area contributed by atoms with Crippen LogP contribution in [0.1, 0.15) is 24.8 Å². The zero-order valence-electron chi connectivity index (χ0n) is 8.76. The van der Waals surface area contributed by atoms with Gasteiger partial charge in [0.15, 0.2) is 0 Å². The quantitative estimate of drug-likeness (QED) is 0.753. The Morgan fingerprint density at radius 3 is 2.53 bits per heavy atom. The van der Waals surface area contributed by atoms with Gasteiger partial charge in [0.25, 0.3) is 0 Å². The van der Waals surface area contributed by atoms with Crippen molar-refractivity contribution in [2.24, 2.45) is 5.92 Å². The SMILES string of the molecule is CC1CNCCC1c1c(F)cccc1F. The maximum Gasteiger partial charge on any atom is 0.129 e. The molecule has 0 bridgehead atoms. The third-order valence-electron chi connectivity index (χ3n) is 3.16. The number of hydrogen-bond donors (Lipinski definition) is 1. The summed E-state index contributed by atoms with van der Waals surface area (Å²) in [4.78, 5) is 0. The predicted molar refractivity (Wildman–Crippen MR) is 55.7 cm³/mol. The van der Waals surface area contributed by atoms with Crippen molar-refractivity contribution in [3.63, 3.8) is 0 Å². The van der Waals surface area contributed by atoms with Gasteiger partial charge in [-0.25, -0.2) is 8.78 Å². The number of piperidine rings is 1. The minimum Gasteiger partial charge on any atom is -0.316 e. The van der Waals surface area contributed by atoms with Crippen LogP contribution in [0.5, 0.6) is 0 Å². The van der Waals surface area contributed by atoms with Gasteiger partial charge in [-0.2, -0.15) is 0 Å². The Balaban J connectivity index is 2.35. The topological polar surface area (TPSA) is 12.0 Å². The second kappa shape index (κ2) is 4.27. The molecule has 2 unspecified atom stereocenters. The smallest absolute Gasteiger partial charge is 0.129 e. The highest BCUT2D eigenvalue weighted by Crippen LogP contribution is 2.33. The van der Waals surface area contributed by atoms with E-state index in [4.69, 9.17) is 0 Å². The van der Waals surface area contributed by atoms with Gasteiger partial charge in [0.1, 0.15) is 11.6 Å². The van der Waals surface area contributed by atoms with Crippen LogP contribution >= 0.6 is 0 Å². The van der Waals surface area contributed by atoms with Gasteiger partial charge in [0.05, 0.1) is 0 Å². The van der Waals surface area contributed by atoms with Crippen LogP contribution in [-0.4, -0.2) is 13.1 Å². The first kappa shape index (κ1) is 10.6. The Hall–Kier alpha value is -0.960. The Labute approximate surface area is 88.5 Å². The molecule has 1 N–H and O–H groups in total. The van der Waals surface area contributed by atoms with Gasteiger partial charge in [-0.3, -0.25) is 0 Å². The van der Waals surface area contributed by atoms with E-state index in [1.165, 1.54) is 18.2 Å². The van der Waals surface area contributed by atoms with E-state index in [1.54, 1.807) is 0 Å². The minimum absolute atomic E-state index is 0.00690. The zero-order valence-corrected chi connectivity index (χ0v) is 8.76. The van der Waals surface area contributed by atoms with Gasteiger partial charge in [0.2, 0.25) is 0 Å². The molecule has 1 aromatic carbocycles. The highest BCUT2D eigenvalue weighted by Gasteiger charge is 2.27. The molecule has 2 atom stereocenters. The van der Waals surface area contributed by atoms with Crippen molar-refractivity contribution in [1.82, 2.24) is 5.32 Å². The summed E-state index contributed by atoms with van der Waals surface area (Å²) in [6.07, 6.45) is 0.805. The van der Waals surface area contributed by atoms with E-state index in [2.05, 4.69) is 5.32 Å². The first-order valence-electron chi connectivity index (χ1n) is 5.34. The van der Waals surface area contributed by atoms with Crippen molar-refractivity contribution in [1.29, 1.82) is 0 Å². The second-order valence-corrected chi connectivity index (χ2v) is 4.21. The lowest BCUT2D eigenvalue weighted by Gasteiger charge is -2.30.